The molecule has 0 saturated carbocycles. The van der Waals surface area contributed by atoms with Gasteiger partial charge in [-0.3, -0.25) is 0 Å². The normalized spacial score (nSPS) is 12.6. The zero-order chi connectivity index (χ0) is 17.5. The number of nitrogens with zero attached hydrogens (tertiary/aromatic N) is 3. The van der Waals surface area contributed by atoms with Crippen LogP contribution in [0.25, 0.3) is 0 Å². The number of aromatic nitrogens is 1. The van der Waals surface area contributed by atoms with Gasteiger partial charge < -0.3 is 9.64 Å². The van der Waals surface area contributed by atoms with Crippen LogP contribution < -0.4 is 4.74 Å². The van der Waals surface area contributed by atoms with Crippen LogP contribution in [-0.4, -0.2) is 35.4 Å². The smallest absolute Gasteiger partial charge is 0.213 e. The molecular formula is C20H27N3O. The Kier molecular flexibility index (Phi) is 6.36. The largest absolute Gasteiger partial charge is 0.474 e. The van der Waals surface area contributed by atoms with Crippen LogP contribution in [0.5, 0.6) is 5.88 Å². The summed E-state index contributed by atoms with van der Waals surface area (Å²) >= 11 is 0. The highest BCUT2D eigenvalue weighted by molar-refractivity contribution is 5.62. The number of hydrogen-bond acceptors (Lipinski definition) is 3. The predicted octanol–water partition coefficient (Wildman–Crippen LogP) is 4.40. The molecule has 24 heavy (non-hydrogen) atoms. The van der Waals surface area contributed by atoms with Crippen LogP contribution in [-0.2, 0) is 6.42 Å². The van der Waals surface area contributed by atoms with E-state index in [0.29, 0.717) is 11.9 Å². The maximum Gasteiger partial charge on any atom is 0.213 e. The molecule has 1 unspecified atom stereocenters. The Morgan fingerprint density at radius 1 is 1.12 bits per heavy atom. The standard InChI is InChI=1S/C20H27N3O/c1-15(2)23(5)14-21-19-11-12-20(22-17(19)4)24-16(3)13-18-9-7-6-8-10-18/h6-12,14-16H,13H2,1-5H3/b21-14+. The van der Waals surface area contributed by atoms with Crippen LogP contribution in [0.1, 0.15) is 32.0 Å². The summed E-state index contributed by atoms with van der Waals surface area (Å²) in [5, 5.41) is 0. The molecule has 2 rings (SSSR count). The molecule has 1 heterocycles. The van der Waals surface area contributed by atoms with Gasteiger partial charge in [-0.15, -0.1) is 0 Å². The van der Waals surface area contributed by atoms with Crippen LogP contribution >= 0.6 is 0 Å². The predicted molar refractivity (Wildman–Crippen MR) is 100 cm³/mol. The van der Waals surface area contributed by atoms with Crippen LogP contribution in [0.2, 0.25) is 0 Å². The van der Waals surface area contributed by atoms with E-state index in [1.54, 1.807) is 0 Å². The summed E-state index contributed by atoms with van der Waals surface area (Å²) in [6.07, 6.45) is 2.77. The Labute approximate surface area is 145 Å². The van der Waals surface area contributed by atoms with E-state index in [9.17, 15) is 0 Å². The molecule has 0 bridgehead atoms. The molecule has 0 fully saturated rings. The van der Waals surface area contributed by atoms with E-state index in [2.05, 4.69) is 47.8 Å². The van der Waals surface area contributed by atoms with Crippen molar-refractivity contribution in [2.45, 2.75) is 46.3 Å². The highest BCUT2D eigenvalue weighted by atomic mass is 16.5. The third kappa shape index (κ3) is 5.37. The zero-order valence-corrected chi connectivity index (χ0v) is 15.2. The van der Waals surface area contributed by atoms with Gasteiger partial charge >= 0.3 is 0 Å². The quantitative estimate of drug-likeness (QED) is 0.559. The van der Waals surface area contributed by atoms with Crippen molar-refractivity contribution >= 4 is 12.0 Å². The van der Waals surface area contributed by atoms with Gasteiger partial charge in [-0.25, -0.2) is 9.98 Å². The minimum Gasteiger partial charge on any atom is -0.474 e. The molecule has 1 aromatic carbocycles. The summed E-state index contributed by atoms with van der Waals surface area (Å²) in [4.78, 5) is 11.1. The fraction of sp³-hybridized carbons (Fsp3) is 0.400. The van der Waals surface area contributed by atoms with Crippen molar-refractivity contribution in [1.82, 2.24) is 9.88 Å². The van der Waals surface area contributed by atoms with Crippen molar-refractivity contribution in [2.75, 3.05) is 7.05 Å². The maximum atomic E-state index is 5.94. The third-order valence-electron chi connectivity index (χ3n) is 3.91. The van der Waals surface area contributed by atoms with Crippen LogP contribution in [0.3, 0.4) is 0 Å². The molecule has 0 spiro atoms. The lowest BCUT2D eigenvalue weighted by Gasteiger charge is -2.17. The molecular weight excluding hydrogens is 298 g/mol. The van der Waals surface area contributed by atoms with Gasteiger partial charge in [-0.1, -0.05) is 30.3 Å². The van der Waals surface area contributed by atoms with E-state index < -0.39 is 0 Å². The average molecular weight is 325 g/mol. The van der Waals surface area contributed by atoms with Crippen LogP contribution in [0, 0.1) is 6.92 Å². The maximum absolute atomic E-state index is 5.94. The topological polar surface area (TPSA) is 37.7 Å². The zero-order valence-electron chi connectivity index (χ0n) is 15.2. The average Bonchev–Trinajstić information content (AvgIpc) is 2.54. The first-order chi connectivity index (χ1) is 11.5. The highest BCUT2D eigenvalue weighted by Crippen LogP contribution is 2.21. The minimum atomic E-state index is 0.0701. The number of ether oxygens (including phenoxy) is 1. The number of hydrogen-bond donors (Lipinski definition) is 0. The SMILES string of the molecule is Cc1nc(OC(C)Cc2ccccc2)ccc1/N=C/N(C)C(C)C. The summed E-state index contributed by atoms with van der Waals surface area (Å²) in [6.45, 7) is 8.27. The Hall–Kier alpha value is -2.36. The second-order valence-corrected chi connectivity index (χ2v) is 6.38. The first-order valence-corrected chi connectivity index (χ1v) is 8.40. The van der Waals surface area contributed by atoms with Gasteiger partial charge in [-0.05, 0) is 39.3 Å². The number of benzene rings is 1. The number of pyridine rings is 1. The summed E-state index contributed by atoms with van der Waals surface area (Å²) in [5.41, 5.74) is 3.00. The molecule has 128 valence electrons. The second kappa shape index (κ2) is 8.48. The van der Waals surface area contributed by atoms with Crippen LogP contribution in [0.4, 0.5) is 5.69 Å². The van der Waals surface area contributed by atoms with Crippen molar-refractivity contribution in [2.24, 2.45) is 4.99 Å². The first kappa shape index (κ1) is 18.0. The molecule has 2 aromatic rings. The molecule has 0 amide bonds. The fourth-order valence-electron chi connectivity index (χ4n) is 2.21. The third-order valence-corrected chi connectivity index (χ3v) is 3.91. The lowest BCUT2D eigenvalue weighted by Crippen LogP contribution is -2.24. The number of rotatable bonds is 7. The lowest BCUT2D eigenvalue weighted by atomic mass is 10.1. The Balaban J connectivity index is 1.99. The van der Waals surface area contributed by atoms with Gasteiger partial charge in [0.1, 0.15) is 6.10 Å². The second-order valence-electron chi connectivity index (χ2n) is 6.38. The molecule has 0 N–H and O–H groups in total. The van der Waals surface area contributed by atoms with E-state index in [1.165, 1.54) is 5.56 Å². The van der Waals surface area contributed by atoms with Crippen molar-refractivity contribution < 1.29 is 4.74 Å². The molecule has 0 aliphatic carbocycles. The molecule has 1 atom stereocenters. The van der Waals surface area contributed by atoms with E-state index in [1.807, 2.05) is 50.6 Å². The lowest BCUT2D eigenvalue weighted by molar-refractivity contribution is 0.213. The molecule has 0 saturated heterocycles. The monoisotopic (exact) mass is 325 g/mol. The Morgan fingerprint density at radius 3 is 2.46 bits per heavy atom. The molecule has 0 aliphatic rings. The van der Waals surface area contributed by atoms with Gasteiger partial charge in [0.2, 0.25) is 5.88 Å². The minimum absolute atomic E-state index is 0.0701. The van der Waals surface area contributed by atoms with E-state index >= 15 is 0 Å². The first-order valence-electron chi connectivity index (χ1n) is 8.40. The van der Waals surface area contributed by atoms with Gasteiger partial charge in [0.25, 0.3) is 0 Å². The highest BCUT2D eigenvalue weighted by Gasteiger charge is 2.08. The molecule has 0 aliphatic heterocycles. The Morgan fingerprint density at radius 2 is 1.83 bits per heavy atom. The summed E-state index contributed by atoms with van der Waals surface area (Å²) in [7, 11) is 2.01. The van der Waals surface area contributed by atoms with E-state index in [0.717, 1.165) is 17.8 Å². The summed E-state index contributed by atoms with van der Waals surface area (Å²) in [6, 6.07) is 14.6. The molecule has 4 heteroatoms. The van der Waals surface area contributed by atoms with Crippen molar-refractivity contribution in [1.29, 1.82) is 0 Å². The summed E-state index contributed by atoms with van der Waals surface area (Å²) in [5.74, 6) is 0.645. The van der Waals surface area contributed by atoms with Gasteiger partial charge in [-0.2, -0.15) is 0 Å². The van der Waals surface area contributed by atoms with E-state index in [-0.39, 0.29) is 6.10 Å². The molecule has 4 nitrogen and oxygen atoms in total. The van der Waals surface area contributed by atoms with Gasteiger partial charge in [0.15, 0.2) is 0 Å². The van der Waals surface area contributed by atoms with Crippen molar-refractivity contribution in [3.8, 4) is 5.88 Å². The van der Waals surface area contributed by atoms with E-state index in [4.69, 9.17) is 4.74 Å². The van der Waals surface area contributed by atoms with Gasteiger partial charge in [0.05, 0.1) is 17.7 Å². The van der Waals surface area contributed by atoms with Gasteiger partial charge in [0, 0.05) is 25.6 Å². The molecule has 0 radical (unpaired) electrons. The number of aliphatic imine (C=N–C) groups is 1. The fourth-order valence-corrected chi connectivity index (χ4v) is 2.21. The Bertz CT molecular complexity index is 668. The van der Waals surface area contributed by atoms with Crippen molar-refractivity contribution in [3.63, 3.8) is 0 Å². The summed E-state index contributed by atoms with van der Waals surface area (Å²) < 4.78 is 5.94. The van der Waals surface area contributed by atoms with Crippen LogP contribution in [0.15, 0.2) is 47.5 Å². The number of aryl methyl sites for hydroxylation is 1. The molecule has 1 aromatic heterocycles. The van der Waals surface area contributed by atoms with Crippen molar-refractivity contribution in [3.05, 3.63) is 53.7 Å².